The maximum atomic E-state index is 5.62. The van der Waals surface area contributed by atoms with Crippen molar-refractivity contribution in [3.63, 3.8) is 0 Å². The molecule has 0 aliphatic carbocycles. The van der Waals surface area contributed by atoms with Gasteiger partial charge >= 0.3 is 0 Å². The van der Waals surface area contributed by atoms with Crippen LogP contribution in [-0.2, 0) is 19.5 Å². The molecular weight excluding hydrogens is 332 g/mol. The lowest BCUT2D eigenvalue weighted by Crippen LogP contribution is -2.31. The first kappa shape index (κ1) is 16.3. The van der Waals surface area contributed by atoms with Gasteiger partial charge in [-0.1, -0.05) is 47.3 Å². The summed E-state index contributed by atoms with van der Waals surface area (Å²) in [4.78, 5) is 11.5. The Morgan fingerprint density at radius 1 is 1.24 bits per heavy atom. The second-order valence-corrected chi connectivity index (χ2v) is 7.00. The molecule has 5 nitrogen and oxygen atoms in total. The van der Waals surface area contributed by atoms with E-state index in [9.17, 15) is 0 Å². The van der Waals surface area contributed by atoms with Crippen molar-refractivity contribution in [3.05, 3.63) is 59.0 Å². The Morgan fingerprint density at radius 2 is 2.08 bits per heavy atom. The molecule has 0 saturated heterocycles. The maximum absolute atomic E-state index is 5.62. The monoisotopic (exact) mass is 352 g/mol. The van der Waals surface area contributed by atoms with Gasteiger partial charge in [-0.2, -0.15) is 0 Å². The van der Waals surface area contributed by atoms with Crippen molar-refractivity contribution in [2.75, 3.05) is 12.8 Å². The van der Waals surface area contributed by atoms with Crippen molar-refractivity contribution in [3.8, 4) is 11.3 Å². The third-order valence-corrected chi connectivity index (χ3v) is 5.14. The second-order valence-electron chi connectivity index (χ2n) is 6.23. The highest BCUT2D eigenvalue weighted by molar-refractivity contribution is 7.98. The zero-order chi connectivity index (χ0) is 17.2. The molecule has 0 N–H and O–H groups in total. The Hall–Kier alpha value is -2.18. The minimum atomic E-state index is 0.823. The normalized spacial score (nSPS) is 14.5. The first-order chi connectivity index (χ1) is 12.2. The summed E-state index contributed by atoms with van der Waals surface area (Å²) in [6, 6.07) is 10.2. The number of nitrogens with zero attached hydrogens (tertiary/aromatic N) is 4. The SMILES string of the molecule is CSc1ncc2c(n1)CCN(Cc1c(C)noc1-c1ccccc1)C2. The molecule has 25 heavy (non-hydrogen) atoms. The van der Waals surface area contributed by atoms with Gasteiger partial charge in [0.25, 0.3) is 0 Å². The molecule has 3 aromatic rings. The highest BCUT2D eigenvalue weighted by Gasteiger charge is 2.22. The fourth-order valence-electron chi connectivity index (χ4n) is 3.20. The predicted octanol–water partition coefficient (Wildman–Crippen LogP) is 3.72. The molecule has 3 heterocycles. The van der Waals surface area contributed by atoms with Crippen molar-refractivity contribution in [1.29, 1.82) is 0 Å². The van der Waals surface area contributed by atoms with E-state index in [2.05, 4.69) is 32.2 Å². The van der Waals surface area contributed by atoms with Gasteiger partial charge in [0.1, 0.15) is 0 Å². The molecule has 0 radical (unpaired) electrons. The molecule has 1 aromatic carbocycles. The highest BCUT2D eigenvalue weighted by Crippen LogP contribution is 2.29. The summed E-state index contributed by atoms with van der Waals surface area (Å²) in [7, 11) is 0. The number of benzene rings is 1. The molecule has 0 bridgehead atoms. The average Bonchev–Trinajstić information content (AvgIpc) is 3.02. The zero-order valence-electron chi connectivity index (χ0n) is 14.4. The molecule has 0 amide bonds. The van der Waals surface area contributed by atoms with Crippen LogP contribution in [0.3, 0.4) is 0 Å². The third kappa shape index (κ3) is 3.32. The summed E-state index contributed by atoms with van der Waals surface area (Å²) in [5, 5.41) is 5.05. The minimum Gasteiger partial charge on any atom is -0.356 e. The van der Waals surface area contributed by atoms with Gasteiger partial charge in [0.15, 0.2) is 10.9 Å². The summed E-state index contributed by atoms with van der Waals surface area (Å²) in [6.07, 6.45) is 4.94. The first-order valence-corrected chi connectivity index (χ1v) is 9.59. The van der Waals surface area contributed by atoms with E-state index in [4.69, 9.17) is 4.52 Å². The van der Waals surface area contributed by atoms with Crippen LogP contribution in [0.15, 0.2) is 46.2 Å². The Labute approximate surface area is 151 Å². The van der Waals surface area contributed by atoms with Crippen LogP contribution in [0.4, 0.5) is 0 Å². The Kier molecular flexibility index (Phi) is 4.55. The van der Waals surface area contributed by atoms with Gasteiger partial charge in [-0.05, 0) is 13.2 Å². The molecule has 1 aliphatic heterocycles. The van der Waals surface area contributed by atoms with Crippen LogP contribution in [0, 0.1) is 6.92 Å². The summed E-state index contributed by atoms with van der Waals surface area (Å²) >= 11 is 1.59. The van der Waals surface area contributed by atoms with Crippen molar-refractivity contribution in [1.82, 2.24) is 20.0 Å². The lowest BCUT2D eigenvalue weighted by molar-refractivity contribution is 0.241. The molecule has 4 rings (SSSR count). The predicted molar refractivity (Wildman–Crippen MR) is 98.3 cm³/mol. The quantitative estimate of drug-likeness (QED) is 0.527. The van der Waals surface area contributed by atoms with Crippen molar-refractivity contribution in [2.45, 2.75) is 31.6 Å². The number of hydrogen-bond donors (Lipinski definition) is 0. The second kappa shape index (κ2) is 6.98. The number of aryl methyl sites for hydroxylation is 1. The van der Waals surface area contributed by atoms with Crippen molar-refractivity contribution in [2.24, 2.45) is 0 Å². The molecular formula is C19H20N4OS. The van der Waals surface area contributed by atoms with Gasteiger partial charge in [0.2, 0.25) is 0 Å². The molecule has 128 valence electrons. The molecule has 0 saturated carbocycles. The van der Waals surface area contributed by atoms with Crippen LogP contribution in [0.1, 0.15) is 22.5 Å². The van der Waals surface area contributed by atoms with Crippen LogP contribution in [0.25, 0.3) is 11.3 Å². The van der Waals surface area contributed by atoms with Crippen LogP contribution in [0.2, 0.25) is 0 Å². The van der Waals surface area contributed by atoms with E-state index in [1.165, 1.54) is 11.3 Å². The lowest BCUT2D eigenvalue weighted by Gasteiger charge is -2.27. The fourth-order valence-corrected chi connectivity index (χ4v) is 3.56. The minimum absolute atomic E-state index is 0.823. The summed E-state index contributed by atoms with van der Waals surface area (Å²) < 4.78 is 5.62. The van der Waals surface area contributed by atoms with Crippen LogP contribution < -0.4 is 0 Å². The Balaban J connectivity index is 1.56. The molecule has 0 unspecified atom stereocenters. The standard InChI is InChI=1S/C19H20N4OS/c1-13-16(18(24-22-13)14-6-4-3-5-7-14)12-23-9-8-17-15(11-23)10-20-19(21-17)25-2/h3-7,10H,8-9,11-12H2,1-2H3. The molecule has 0 spiro atoms. The Bertz CT molecular complexity index is 878. The Morgan fingerprint density at radius 3 is 2.88 bits per heavy atom. The number of fused-ring (bicyclic) bond motifs is 1. The van der Waals surface area contributed by atoms with Crippen LogP contribution in [0.5, 0.6) is 0 Å². The maximum Gasteiger partial charge on any atom is 0.187 e. The van der Waals surface area contributed by atoms with Gasteiger partial charge in [-0.3, -0.25) is 4.90 Å². The van der Waals surface area contributed by atoms with Crippen molar-refractivity contribution < 1.29 is 4.52 Å². The van der Waals surface area contributed by atoms with Crippen LogP contribution >= 0.6 is 11.8 Å². The van der Waals surface area contributed by atoms with E-state index in [0.29, 0.717) is 0 Å². The first-order valence-electron chi connectivity index (χ1n) is 8.36. The topological polar surface area (TPSA) is 55.1 Å². The van der Waals surface area contributed by atoms with Crippen molar-refractivity contribution >= 4 is 11.8 Å². The summed E-state index contributed by atoms with van der Waals surface area (Å²) in [5.74, 6) is 0.873. The average molecular weight is 352 g/mol. The number of rotatable bonds is 4. The van der Waals surface area contributed by atoms with E-state index >= 15 is 0 Å². The van der Waals surface area contributed by atoms with E-state index < -0.39 is 0 Å². The van der Waals surface area contributed by atoms with Gasteiger partial charge in [-0.15, -0.1) is 0 Å². The van der Waals surface area contributed by atoms with E-state index in [0.717, 1.165) is 53.8 Å². The van der Waals surface area contributed by atoms with E-state index in [1.807, 2.05) is 37.6 Å². The molecule has 1 aliphatic rings. The third-order valence-electron chi connectivity index (χ3n) is 4.58. The number of thioether (sulfide) groups is 1. The van der Waals surface area contributed by atoms with Gasteiger partial charge in [-0.25, -0.2) is 9.97 Å². The highest BCUT2D eigenvalue weighted by atomic mass is 32.2. The molecule has 0 fully saturated rings. The van der Waals surface area contributed by atoms with E-state index in [-0.39, 0.29) is 0 Å². The van der Waals surface area contributed by atoms with Gasteiger partial charge in [0, 0.05) is 48.9 Å². The molecule has 2 aromatic heterocycles. The smallest absolute Gasteiger partial charge is 0.187 e. The largest absolute Gasteiger partial charge is 0.356 e. The molecule has 6 heteroatoms. The van der Waals surface area contributed by atoms with Gasteiger partial charge < -0.3 is 4.52 Å². The summed E-state index contributed by atoms with van der Waals surface area (Å²) in [5.41, 5.74) is 5.60. The van der Waals surface area contributed by atoms with Gasteiger partial charge in [0.05, 0.1) is 11.4 Å². The zero-order valence-corrected chi connectivity index (χ0v) is 15.2. The number of aromatic nitrogens is 3. The fraction of sp³-hybridized carbons (Fsp3) is 0.316. The van der Waals surface area contributed by atoms with Crippen LogP contribution in [-0.4, -0.2) is 32.8 Å². The summed E-state index contributed by atoms with van der Waals surface area (Å²) in [6.45, 7) is 4.68. The van der Waals surface area contributed by atoms with E-state index in [1.54, 1.807) is 11.8 Å². The number of hydrogen-bond acceptors (Lipinski definition) is 6. The lowest BCUT2D eigenvalue weighted by atomic mass is 10.0. The molecule has 0 atom stereocenters.